The molecule has 2 aromatic carbocycles. The van der Waals surface area contributed by atoms with Crippen LogP contribution in [0.25, 0.3) is 0 Å². The van der Waals surface area contributed by atoms with Crippen LogP contribution in [-0.4, -0.2) is 21.4 Å². The Kier molecular flexibility index (Phi) is 5.46. The zero-order valence-corrected chi connectivity index (χ0v) is 13.4. The maximum Gasteiger partial charge on any atom is 0.240 e. The van der Waals surface area contributed by atoms with E-state index in [0.717, 1.165) is 5.56 Å². The van der Waals surface area contributed by atoms with Crippen molar-refractivity contribution in [1.29, 1.82) is 0 Å². The van der Waals surface area contributed by atoms with Crippen LogP contribution in [0, 0.1) is 5.82 Å². The minimum atomic E-state index is -3.45. The van der Waals surface area contributed by atoms with Gasteiger partial charge in [0.05, 0.1) is 4.90 Å². The van der Waals surface area contributed by atoms with Gasteiger partial charge in [-0.1, -0.05) is 12.1 Å². The Labute approximate surface area is 134 Å². The average molecular weight is 336 g/mol. The lowest BCUT2D eigenvalue weighted by atomic mass is 10.1. The van der Waals surface area contributed by atoms with Gasteiger partial charge < -0.3 is 5.32 Å². The quantitative estimate of drug-likeness (QED) is 0.850. The van der Waals surface area contributed by atoms with Gasteiger partial charge in [0.15, 0.2) is 0 Å². The van der Waals surface area contributed by atoms with Gasteiger partial charge in [-0.3, -0.25) is 4.79 Å². The highest BCUT2D eigenvalue weighted by Gasteiger charge is 2.10. The number of carbonyl (C=O) groups is 1. The smallest absolute Gasteiger partial charge is 0.240 e. The topological polar surface area (TPSA) is 75.3 Å². The lowest BCUT2D eigenvalue weighted by Gasteiger charge is -2.06. The Morgan fingerprint density at radius 2 is 1.65 bits per heavy atom. The molecule has 0 aliphatic heterocycles. The molecule has 122 valence electrons. The monoisotopic (exact) mass is 336 g/mol. The summed E-state index contributed by atoms with van der Waals surface area (Å²) in [6.45, 7) is 0. The molecule has 0 aromatic heterocycles. The molecule has 0 radical (unpaired) electrons. The third kappa shape index (κ3) is 4.87. The van der Waals surface area contributed by atoms with Gasteiger partial charge in [0, 0.05) is 12.1 Å². The Morgan fingerprint density at radius 1 is 1.04 bits per heavy atom. The normalized spacial score (nSPS) is 11.2. The molecular formula is C16H17FN2O3S. The fourth-order valence-electron chi connectivity index (χ4n) is 1.97. The molecule has 0 spiro atoms. The molecular weight excluding hydrogens is 319 g/mol. The number of hydrogen-bond donors (Lipinski definition) is 2. The van der Waals surface area contributed by atoms with E-state index in [1.54, 1.807) is 12.1 Å². The van der Waals surface area contributed by atoms with E-state index in [2.05, 4.69) is 10.0 Å². The maximum atomic E-state index is 12.8. The van der Waals surface area contributed by atoms with E-state index in [-0.39, 0.29) is 23.0 Å². The molecule has 1 amide bonds. The van der Waals surface area contributed by atoms with Crippen molar-refractivity contribution in [2.75, 3.05) is 12.4 Å². The lowest BCUT2D eigenvalue weighted by molar-refractivity contribution is -0.116. The molecule has 23 heavy (non-hydrogen) atoms. The van der Waals surface area contributed by atoms with E-state index < -0.39 is 10.0 Å². The Hall–Kier alpha value is -2.25. The van der Waals surface area contributed by atoms with E-state index in [1.165, 1.54) is 43.4 Å². The van der Waals surface area contributed by atoms with Gasteiger partial charge in [-0.05, 0) is 55.4 Å². The second-order valence-electron chi connectivity index (χ2n) is 4.91. The predicted molar refractivity (Wildman–Crippen MR) is 86.0 cm³/mol. The molecule has 0 heterocycles. The van der Waals surface area contributed by atoms with Crippen LogP contribution < -0.4 is 10.0 Å². The minimum Gasteiger partial charge on any atom is -0.326 e. The predicted octanol–water partition coefficient (Wildman–Crippen LogP) is 2.31. The highest BCUT2D eigenvalue weighted by Crippen LogP contribution is 2.13. The number of amides is 1. The fraction of sp³-hybridized carbons (Fsp3) is 0.188. The largest absolute Gasteiger partial charge is 0.326 e. The average Bonchev–Trinajstić information content (AvgIpc) is 2.55. The first-order valence-corrected chi connectivity index (χ1v) is 8.47. The standard InChI is InChI=1S/C16H17FN2O3S/c1-18-23(21,22)15-9-2-12(3-10-15)4-11-16(20)19-14-7-5-13(17)6-8-14/h2-3,5-10,18H,4,11H2,1H3,(H,19,20). The molecule has 5 nitrogen and oxygen atoms in total. The number of carbonyl (C=O) groups excluding carboxylic acids is 1. The van der Waals surface area contributed by atoms with Crippen molar-refractivity contribution < 1.29 is 17.6 Å². The Balaban J connectivity index is 1.90. The Morgan fingerprint density at radius 3 is 2.22 bits per heavy atom. The van der Waals surface area contributed by atoms with Crippen molar-refractivity contribution >= 4 is 21.6 Å². The second-order valence-corrected chi connectivity index (χ2v) is 6.79. The molecule has 0 aliphatic carbocycles. The van der Waals surface area contributed by atoms with Crippen LogP contribution in [0.4, 0.5) is 10.1 Å². The summed E-state index contributed by atoms with van der Waals surface area (Å²) in [5.41, 5.74) is 1.39. The molecule has 2 N–H and O–H groups in total. The molecule has 0 aliphatic rings. The zero-order chi connectivity index (χ0) is 16.9. The molecule has 0 atom stereocenters. The summed E-state index contributed by atoms with van der Waals surface area (Å²) in [5.74, 6) is -0.553. The number of halogens is 1. The third-order valence-electron chi connectivity index (χ3n) is 3.27. The molecule has 2 rings (SSSR count). The number of benzene rings is 2. The van der Waals surface area contributed by atoms with Gasteiger partial charge in [0.2, 0.25) is 15.9 Å². The summed E-state index contributed by atoms with van der Waals surface area (Å²) in [6.07, 6.45) is 0.725. The van der Waals surface area contributed by atoms with E-state index in [4.69, 9.17) is 0 Å². The first-order valence-electron chi connectivity index (χ1n) is 6.98. The number of aryl methyl sites for hydroxylation is 1. The van der Waals surface area contributed by atoms with Crippen molar-refractivity contribution in [3.05, 3.63) is 59.9 Å². The van der Waals surface area contributed by atoms with E-state index in [0.29, 0.717) is 12.1 Å². The summed E-state index contributed by atoms with van der Waals surface area (Å²) in [4.78, 5) is 12.0. The number of rotatable bonds is 6. The van der Waals surface area contributed by atoms with E-state index in [1.807, 2.05) is 0 Å². The fourth-order valence-corrected chi connectivity index (χ4v) is 2.70. The second kappa shape index (κ2) is 7.34. The highest BCUT2D eigenvalue weighted by atomic mass is 32.2. The summed E-state index contributed by atoms with van der Waals surface area (Å²) in [7, 11) is -2.10. The van der Waals surface area contributed by atoms with E-state index >= 15 is 0 Å². The van der Waals surface area contributed by atoms with Gasteiger partial charge in [0.25, 0.3) is 0 Å². The summed E-state index contributed by atoms with van der Waals surface area (Å²) >= 11 is 0. The van der Waals surface area contributed by atoms with Gasteiger partial charge in [-0.15, -0.1) is 0 Å². The molecule has 2 aromatic rings. The zero-order valence-electron chi connectivity index (χ0n) is 12.5. The Bertz CT molecular complexity index is 772. The molecule has 0 saturated heterocycles. The van der Waals surface area contributed by atoms with Gasteiger partial charge in [0.1, 0.15) is 5.82 Å². The number of nitrogens with one attached hydrogen (secondary N) is 2. The van der Waals surface area contributed by atoms with Crippen LogP contribution in [-0.2, 0) is 21.2 Å². The van der Waals surface area contributed by atoms with Crippen molar-refractivity contribution in [2.45, 2.75) is 17.7 Å². The third-order valence-corrected chi connectivity index (χ3v) is 4.70. The first kappa shape index (κ1) is 17.1. The SMILES string of the molecule is CNS(=O)(=O)c1ccc(CCC(=O)Nc2ccc(F)cc2)cc1. The van der Waals surface area contributed by atoms with Crippen molar-refractivity contribution in [3.63, 3.8) is 0 Å². The van der Waals surface area contributed by atoms with E-state index in [9.17, 15) is 17.6 Å². The van der Waals surface area contributed by atoms with Gasteiger partial charge >= 0.3 is 0 Å². The molecule has 0 bridgehead atoms. The summed E-state index contributed by atoms with van der Waals surface area (Å²) in [6, 6.07) is 11.9. The van der Waals surface area contributed by atoms with Crippen LogP contribution in [0.2, 0.25) is 0 Å². The number of anilines is 1. The summed E-state index contributed by atoms with van der Waals surface area (Å²) < 4.78 is 38.2. The van der Waals surface area contributed by atoms with Gasteiger partial charge in [-0.25, -0.2) is 17.5 Å². The number of hydrogen-bond acceptors (Lipinski definition) is 3. The lowest BCUT2D eigenvalue weighted by Crippen LogP contribution is -2.18. The van der Waals surface area contributed by atoms with Gasteiger partial charge in [-0.2, -0.15) is 0 Å². The van der Waals surface area contributed by atoms with Crippen LogP contribution in [0.5, 0.6) is 0 Å². The first-order chi connectivity index (χ1) is 10.9. The molecule has 7 heteroatoms. The van der Waals surface area contributed by atoms with Crippen molar-refractivity contribution in [1.82, 2.24) is 4.72 Å². The van der Waals surface area contributed by atoms with Crippen LogP contribution in [0.3, 0.4) is 0 Å². The van der Waals surface area contributed by atoms with Crippen molar-refractivity contribution in [3.8, 4) is 0 Å². The number of sulfonamides is 1. The summed E-state index contributed by atoms with van der Waals surface area (Å²) in [5, 5.41) is 2.67. The van der Waals surface area contributed by atoms with Crippen LogP contribution in [0.15, 0.2) is 53.4 Å². The minimum absolute atomic E-state index is 0.180. The van der Waals surface area contributed by atoms with Crippen LogP contribution in [0.1, 0.15) is 12.0 Å². The highest BCUT2D eigenvalue weighted by molar-refractivity contribution is 7.89. The molecule has 0 fully saturated rings. The van der Waals surface area contributed by atoms with Crippen LogP contribution >= 0.6 is 0 Å². The molecule has 0 unspecified atom stereocenters. The maximum absolute atomic E-state index is 12.8. The van der Waals surface area contributed by atoms with Crippen molar-refractivity contribution in [2.24, 2.45) is 0 Å². The molecule has 0 saturated carbocycles.